The van der Waals surface area contributed by atoms with E-state index in [9.17, 15) is 0 Å². The van der Waals surface area contributed by atoms with E-state index in [2.05, 4.69) is 99.6 Å². The Morgan fingerprint density at radius 1 is 0.767 bits per heavy atom. The van der Waals surface area contributed by atoms with Crippen molar-refractivity contribution in [3.8, 4) is 0 Å². The van der Waals surface area contributed by atoms with E-state index in [0.717, 1.165) is 53.4 Å². The molecule has 0 saturated heterocycles. The van der Waals surface area contributed by atoms with Crippen LogP contribution in [0.3, 0.4) is 0 Å². The van der Waals surface area contributed by atoms with E-state index in [-0.39, 0.29) is 34.0 Å². The van der Waals surface area contributed by atoms with Gasteiger partial charge in [-0.3, -0.25) is 5.01 Å². The quantitative estimate of drug-likeness (QED) is 0.0711. The van der Waals surface area contributed by atoms with Crippen molar-refractivity contribution in [1.29, 1.82) is 0 Å². The molecule has 0 aliphatic carbocycles. The maximum absolute atomic E-state index is 4.54. The Labute approximate surface area is 277 Å². The number of pyridine rings is 2. The third kappa shape index (κ3) is 12.4. The molecule has 0 amide bonds. The van der Waals surface area contributed by atoms with E-state index in [1.54, 1.807) is 0 Å². The normalized spacial score (nSPS) is 11.0. The summed E-state index contributed by atoms with van der Waals surface area (Å²) in [6.07, 6.45) is 15.1. The third-order valence-corrected chi connectivity index (χ3v) is 6.81. The van der Waals surface area contributed by atoms with Gasteiger partial charge in [-0.2, -0.15) is 15.3 Å². The molecule has 2 heterocycles. The Morgan fingerprint density at radius 2 is 1.37 bits per heavy atom. The fraction of sp³-hybridized carbons (Fsp3) is 0.324. The van der Waals surface area contributed by atoms with Crippen molar-refractivity contribution in [3.63, 3.8) is 0 Å². The number of azo groups is 1. The van der Waals surface area contributed by atoms with Crippen LogP contribution in [-0.2, 0) is 13.1 Å². The summed E-state index contributed by atoms with van der Waals surface area (Å²) >= 11 is 0. The summed E-state index contributed by atoms with van der Waals surface area (Å²) < 4.78 is 4.47. The second kappa shape index (κ2) is 19.0. The second-order valence-corrected chi connectivity index (χ2v) is 10.7. The molecule has 0 atom stereocenters. The zero-order chi connectivity index (χ0) is 28.9. The molecule has 0 fully saturated rings. The van der Waals surface area contributed by atoms with Gasteiger partial charge in [0.15, 0.2) is 24.8 Å². The number of aromatic nitrogens is 2. The number of unbranched alkanes of at least 4 members (excludes halogenated alkanes) is 3. The lowest BCUT2D eigenvalue weighted by Crippen LogP contribution is -3.00. The summed E-state index contributed by atoms with van der Waals surface area (Å²) in [5.74, 6) is 0. The molecule has 7 nitrogen and oxygen atoms in total. The number of benzene rings is 2. The topological polar surface area (TPSA) is 60.1 Å². The maximum atomic E-state index is 4.54. The maximum Gasteiger partial charge on any atom is 0.171 e. The molecule has 0 spiro atoms. The van der Waals surface area contributed by atoms with E-state index >= 15 is 0 Å². The Bertz CT molecular complexity index is 1410. The van der Waals surface area contributed by atoms with E-state index < -0.39 is 0 Å². The molecule has 2 aromatic carbocycles. The molecule has 0 aliphatic heterocycles. The Morgan fingerprint density at radius 3 is 1.95 bits per heavy atom. The molecule has 0 aliphatic rings. The summed E-state index contributed by atoms with van der Waals surface area (Å²) in [6.45, 7) is 8.38. The molecule has 0 radical (unpaired) electrons. The molecule has 4 aromatic rings. The highest BCUT2D eigenvalue weighted by atomic mass is 79.9. The highest BCUT2D eigenvalue weighted by molar-refractivity contribution is 5.79. The Hall–Kier alpha value is -3.43. The predicted molar refractivity (Wildman–Crippen MR) is 168 cm³/mol. The van der Waals surface area contributed by atoms with Crippen molar-refractivity contribution in [1.82, 2.24) is 0 Å². The van der Waals surface area contributed by atoms with Crippen LogP contribution in [0, 0.1) is 6.92 Å². The first kappa shape index (κ1) is 35.8. The standard InChI is InChI=1S/C34H42N7.2BrH/c1-28(2)36-32-14-15-34(29(3)26-32)38-37-31-18-24-41(25-19-31)21-11-6-5-10-20-40-22-16-30(17-23-40)27-35-39(4)33-12-8-7-9-13-33;;/h7-9,12-19,22-28H,5-6,10-11,20-21H2,1-4H3;2*1H/q+1;;/p-1. The number of para-hydroxylation sites is 1. The number of anilines is 2. The summed E-state index contributed by atoms with van der Waals surface area (Å²) in [4.78, 5) is 0. The van der Waals surface area contributed by atoms with E-state index in [4.69, 9.17) is 0 Å². The molecule has 0 bridgehead atoms. The Kier molecular flexibility index (Phi) is 15.8. The SMILES string of the molecule is Cc1cc(NC(C)C)ccc1N=Nc1cc[n+](CCCCCC[n+]2ccc(/C=N\N(C)c3ccccc3)cc2)cc1.[Br-].[Br-]. The van der Waals surface area contributed by atoms with Crippen LogP contribution in [0.25, 0.3) is 0 Å². The van der Waals surface area contributed by atoms with Gasteiger partial charge in [-0.1, -0.05) is 18.2 Å². The third-order valence-electron chi connectivity index (χ3n) is 6.81. The van der Waals surface area contributed by atoms with Gasteiger partial charge in [0, 0.05) is 61.4 Å². The highest BCUT2D eigenvalue weighted by Crippen LogP contribution is 2.25. The fourth-order valence-electron chi connectivity index (χ4n) is 4.48. The van der Waals surface area contributed by atoms with Gasteiger partial charge in [-0.25, -0.2) is 9.13 Å². The molecule has 1 N–H and O–H groups in total. The van der Waals surface area contributed by atoms with Crippen molar-refractivity contribution in [2.45, 2.75) is 65.6 Å². The van der Waals surface area contributed by atoms with Crippen LogP contribution in [-0.4, -0.2) is 19.3 Å². The lowest BCUT2D eigenvalue weighted by atomic mass is 10.2. The average molecular weight is 710 g/mol. The van der Waals surface area contributed by atoms with Crippen molar-refractivity contribution >= 4 is 29.0 Å². The average Bonchev–Trinajstić information content (AvgIpc) is 2.98. The molecule has 9 heteroatoms. The van der Waals surface area contributed by atoms with Gasteiger partial charge in [0.2, 0.25) is 0 Å². The number of hydrazone groups is 1. The summed E-state index contributed by atoms with van der Waals surface area (Å²) in [5.41, 5.74) is 6.14. The fourth-order valence-corrected chi connectivity index (χ4v) is 4.48. The van der Waals surface area contributed by atoms with E-state index in [1.165, 1.54) is 19.3 Å². The van der Waals surface area contributed by atoms with Gasteiger partial charge in [-0.15, -0.1) is 0 Å². The Balaban J connectivity index is 0.00000323. The molecule has 2 aromatic heterocycles. The predicted octanol–water partition coefficient (Wildman–Crippen LogP) is 1.54. The minimum absolute atomic E-state index is 0. The first-order chi connectivity index (χ1) is 20.0. The molecular weight excluding hydrogens is 666 g/mol. The van der Waals surface area contributed by atoms with Gasteiger partial charge in [-0.05, 0) is 69.5 Å². The van der Waals surface area contributed by atoms with Crippen LogP contribution in [0.15, 0.2) is 113 Å². The zero-order valence-corrected chi connectivity index (χ0v) is 28.7. The van der Waals surface area contributed by atoms with Crippen molar-refractivity contribution < 1.29 is 43.1 Å². The smallest absolute Gasteiger partial charge is 0.171 e. The van der Waals surface area contributed by atoms with Crippen molar-refractivity contribution in [2.75, 3.05) is 17.4 Å². The summed E-state index contributed by atoms with van der Waals surface area (Å²) in [5, 5.41) is 18.7. The molecule has 0 saturated carbocycles. The lowest BCUT2D eigenvalue weighted by molar-refractivity contribution is -0.698. The number of aryl methyl sites for hydroxylation is 3. The lowest BCUT2D eigenvalue weighted by Gasteiger charge is -2.11. The molecule has 228 valence electrons. The summed E-state index contributed by atoms with van der Waals surface area (Å²) in [6, 6.07) is 25.0. The summed E-state index contributed by atoms with van der Waals surface area (Å²) in [7, 11) is 1.96. The highest BCUT2D eigenvalue weighted by Gasteiger charge is 2.05. The van der Waals surface area contributed by atoms with E-state index in [1.807, 2.05) is 66.8 Å². The van der Waals surface area contributed by atoms with E-state index in [0.29, 0.717) is 6.04 Å². The number of nitrogens with one attached hydrogen (secondary N) is 1. The zero-order valence-electron chi connectivity index (χ0n) is 25.6. The number of nitrogens with zero attached hydrogens (tertiary/aromatic N) is 6. The molecule has 43 heavy (non-hydrogen) atoms. The van der Waals surface area contributed by atoms with Crippen LogP contribution in [0.5, 0.6) is 0 Å². The molecule has 0 unspecified atom stereocenters. The van der Waals surface area contributed by atoms with Crippen molar-refractivity contribution in [3.05, 3.63) is 109 Å². The number of halogens is 2. The van der Waals surface area contributed by atoms with Crippen molar-refractivity contribution in [2.24, 2.45) is 15.3 Å². The van der Waals surface area contributed by atoms with Gasteiger partial charge in [0.05, 0.1) is 23.3 Å². The minimum Gasteiger partial charge on any atom is -1.00 e. The minimum atomic E-state index is 0. The van der Waals surface area contributed by atoms with Crippen LogP contribution >= 0.6 is 0 Å². The van der Waals surface area contributed by atoms with Crippen LogP contribution in [0.4, 0.5) is 22.7 Å². The van der Waals surface area contributed by atoms with Crippen LogP contribution in [0.2, 0.25) is 0 Å². The number of hydrogen-bond donors (Lipinski definition) is 1. The molecule has 4 rings (SSSR count). The van der Waals surface area contributed by atoms with Gasteiger partial charge >= 0.3 is 0 Å². The monoisotopic (exact) mass is 707 g/mol. The van der Waals surface area contributed by atoms with Gasteiger partial charge < -0.3 is 39.3 Å². The first-order valence-corrected chi connectivity index (χ1v) is 14.6. The van der Waals surface area contributed by atoms with Crippen LogP contribution < -0.4 is 53.4 Å². The largest absolute Gasteiger partial charge is 1.00 e. The molecular formula is C34H43Br2N7. The van der Waals surface area contributed by atoms with Gasteiger partial charge in [0.25, 0.3) is 0 Å². The van der Waals surface area contributed by atoms with Crippen LogP contribution in [0.1, 0.15) is 50.7 Å². The number of rotatable bonds is 14. The van der Waals surface area contributed by atoms with Gasteiger partial charge in [0.1, 0.15) is 13.1 Å². The first-order valence-electron chi connectivity index (χ1n) is 14.6. The second-order valence-electron chi connectivity index (χ2n) is 10.7. The number of hydrogen-bond acceptors (Lipinski definition) is 5.